The first-order chi connectivity index (χ1) is 16.6. The van der Waals surface area contributed by atoms with E-state index in [2.05, 4.69) is 5.32 Å². The molecule has 35 heavy (non-hydrogen) atoms. The normalized spacial score (nSPS) is 18.1. The summed E-state index contributed by atoms with van der Waals surface area (Å²) in [4.78, 5) is 38.6. The van der Waals surface area contributed by atoms with Crippen molar-refractivity contribution in [1.29, 1.82) is 0 Å². The van der Waals surface area contributed by atoms with Gasteiger partial charge in [0.15, 0.2) is 0 Å². The second-order valence-electron chi connectivity index (χ2n) is 8.51. The number of nitrogens with zero attached hydrogens (tertiary/aromatic N) is 2. The lowest BCUT2D eigenvalue weighted by Crippen LogP contribution is -2.52. The highest BCUT2D eigenvalue weighted by atomic mass is 19.4. The first-order valence-electron chi connectivity index (χ1n) is 11.0. The van der Waals surface area contributed by atoms with Gasteiger partial charge in [-0.25, -0.2) is 4.39 Å². The Bertz CT molecular complexity index is 1120. The monoisotopic (exact) mass is 493 g/mol. The molecular formula is C24H23F4N3O4. The van der Waals surface area contributed by atoms with Crippen LogP contribution in [0.1, 0.15) is 39.9 Å². The zero-order valence-electron chi connectivity index (χ0n) is 18.6. The molecule has 4 rings (SSSR count). The molecule has 0 spiro atoms. The van der Waals surface area contributed by atoms with E-state index in [-0.39, 0.29) is 44.4 Å². The van der Waals surface area contributed by atoms with E-state index in [0.717, 1.165) is 5.56 Å². The Morgan fingerprint density at radius 2 is 1.77 bits per heavy atom. The summed E-state index contributed by atoms with van der Waals surface area (Å²) >= 11 is 0. The molecule has 2 heterocycles. The van der Waals surface area contributed by atoms with Crippen molar-refractivity contribution < 1.29 is 36.7 Å². The summed E-state index contributed by atoms with van der Waals surface area (Å²) in [6.07, 6.45) is -4.06. The van der Waals surface area contributed by atoms with Crippen LogP contribution in [-0.2, 0) is 29.3 Å². The predicted octanol–water partition coefficient (Wildman–Crippen LogP) is 3.32. The van der Waals surface area contributed by atoms with Crippen LogP contribution in [0.5, 0.6) is 5.75 Å². The van der Waals surface area contributed by atoms with Gasteiger partial charge in [0.25, 0.3) is 5.91 Å². The molecule has 1 atom stereocenters. The van der Waals surface area contributed by atoms with Crippen LogP contribution in [0.4, 0.5) is 17.6 Å². The molecule has 0 aliphatic carbocycles. The van der Waals surface area contributed by atoms with Crippen LogP contribution in [0, 0.1) is 0 Å². The van der Waals surface area contributed by atoms with Crippen LogP contribution in [0.25, 0.3) is 0 Å². The van der Waals surface area contributed by atoms with Gasteiger partial charge in [-0.15, -0.1) is 0 Å². The highest BCUT2D eigenvalue weighted by molar-refractivity contribution is 6.05. The van der Waals surface area contributed by atoms with E-state index in [1.165, 1.54) is 4.90 Å². The summed E-state index contributed by atoms with van der Waals surface area (Å²) in [5.41, 5.74) is 2.34. The van der Waals surface area contributed by atoms with E-state index in [1.54, 1.807) is 42.5 Å². The lowest BCUT2D eigenvalue weighted by atomic mass is 10.0. The van der Waals surface area contributed by atoms with E-state index >= 15 is 0 Å². The number of nitrogens with one attached hydrogen (secondary N) is 1. The largest absolute Gasteiger partial charge is 0.489 e. The molecule has 186 valence electrons. The van der Waals surface area contributed by atoms with Gasteiger partial charge in [0.2, 0.25) is 11.8 Å². The fraction of sp³-hybridized carbons (Fsp3) is 0.375. The minimum atomic E-state index is -4.48. The highest BCUT2D eigenvalue weighted by Crippen LogP contribution is 2.34. The maximum absolute atomic E-state index is 12.9. The Hall–Kier alpha value is -3.47. The van der Waals surface area contributed by atoms with Crippen LogP contribution in [-0.4, -0.2) is 53.1 Å². The van der Waals surface area contributed by atoms with E-state index in [4.69, 9.17) is 4.74 Å². The number of carbonyl (C=O) groups excluding carboxylic acids is 3. The van der Waals surface area contributed by atoms with E-state index in [1.807, 2.05) is 0 Å². The van der Waals surface area contributed by atoms with Crippen molar-refractivity contribution in [3.8, 4) is 5.75 Å². The van der Waals surface area contributed by atoms with E-state index < -0.39 is 31.5 Å². The average molecular weight is 493 g/mol. The third kappa shape index (κ3) is 5.79. The summed E-state index contributed by atoms with van der Waals surface area (Å²) in [6, 6.07) is 10.9. The molecule has 0 aromatic heterocycles. The maximum atomic E-state index is 12.9. The van der Waals surface area contributed by atoms with Gasteiger partial charge in [-0.3, -0.25) is 24.6 Å². The number of alkyl halides is 4. The number of halogens is 4. The Kier molecular flexibility index (Phi) is 7.06. The topological polar surface area (TPSA) is 79.0 Å². The van der Waals surface area contributed by atoms with E-state index in [9.17, 15) is 31.9 Å². The van der Waals surface area contributed by atoms with Crippen LogP contribution >= 0.6 is 0 Å². The minimum Gasteiger partial charge on any atom is -0.489 e. The molecule has 2 aromatic carbocycles. The summed E-state index contributed by atoms with van der Waals surface area (Å²) in [7, 11) is 0. The number of rotatable bonds is 8. The fourth-order valence-electron chi connectivity index (χ4n) is 4.25. The number of hydrogen-bond donors (Lipinski definition) is 1. The van der Waals surface area contributed by atoms with Crippen molar-refractivity contribution in [3.63, 3.8) is 0 Å². The quantitative estimate of drug-likeness (QED) is 0.347. The number of hydrogen-bond acceptors (Lipinski definition) is 5. The van der Waals surface area contributed by atoms with Crippen molar-refractivity contribution in [2.75, 3.05) is 13.3 Å². The number of carbonyl (C=O) groups is 3. The fourth-order valence-corrected chi connectivity index (χ4v) is 4.25. The van der Waals surface area contributed by atoms with Gasteiger partial charge < -0.3 is 9.64 Å². The van der Waals surface area contributed by atoms with Gasteiger partial charge >= 0.3 is 6.18 Å². The summed E-state index contributed by atoms with van der Waals surface area (Å²) in [6.45, 7) is -2.41. The molecule has 7 nitrogen and oxygen atoms in total. The zero-order chi connectivity index (χ0) is 25.2. The van der Waals surface area contributed by atoms with Gasteiger partial charge in [0, 0.05) is 24.1 Å². The second kappa shape index (κ2) is 10.0. The van der Waals surface area contributed by atoms with Crippen molar-refractivity contribution >= 4 is 17.7 Å². The van der Waals surface area contributed by atoms with Crippen molar-refractivity contribution in [2.24, 2.45) is 0 Å². The Morgan fingerprint density at radius 3 is 2.43 bits per heavy atom. The van der Waals surface area contributed by atoms with Crippen LogP contribution < -0.4 is 10.1 Å². The SMILES string of the molecule is O=C1CCC(N2Cc3c(OCc4ccc(CN(CF)CC(F)(F)F)cc4)cccc3C2=O)C(=O)N1. The smallest absolute Gasteiger partial charge is 0.401 e. The molecule has 3 amide bonds. The average Bonchev–Trinajstić information content (AvgIpc) is 3.14. The molecule has 2 aliphatic heterocycles. The molecule has 0 saturated carbocycles. The van der Waals surface area contributed by atoms with Gasteiger partial charge in [-0.05, 0) is 29.7 Å². The third-order valence-corrected chi connectivity index (χ3v) is 5.93. The number of imide groups is 1. The van der Waals surface area contributed by atoms with Crippen LogP contribution in [0.2, 0.25) is 0 Å². The molecular weight excluding hydrogens is 470 g/mol. The van der Waals surface area contributed by atoms with Gasteiger partial charge in [0.1, 0.15) is 25.2 Å². The van der Waals surface area contributed by atoms with Gasteiger partial charge in [-0.1, -0.05) is 30.3 Å². The molecule has 0 bridgehead atoms. The van der Waals surface area contributed by atoms with E-state index in [0.29, 0.717) is 27.3 Å². The Labute approximate surface area is 198 Å². The number of piperidine rings is 1. The van der Waals surface area contributed by atoms with Crippen molar-refractivity contribution in [2.45, 2.75) is 44.8 Å². The molecule has 0 radical (unpaired) electrons. The van der Waals surface area contributed by atoms with Crippen molar-refractivity contribution in [1.82, 2.24) is 15.1 Å². The highest BCUT2D eigenvalue weighted by Gasteiger charge is 2.40. The van der Waals surface area contributed by atoms with Crippen molar-refractivity contribution in [3.05, 3.63) is 64.7 Å². The summed E-state index contributed by atoms with van der Waals surface area (Å²) in [5.74, 6) is -0.682. The number of amides is 3. The van der Waals surface area contributed by atoms with Crippen LogP contribution in [0.3, 0.4) is 0 Å². The Balaban J connectivity index is 1.39. The molecule has 11 heteroatoms. The first kappa shape index (κ1) is 24.6. The second-order valence-corrected chi connectivity index (χ2v) is 8.51. The number of fused-ring (bicyclic) bond motifs is 1. The van der Waals surface area contributed by atoms with Crippen LogP contribution in [0.15, 0.2) is 42.5 Å². The number of benzene rings is 2. The molecule has 1 saturated heterocycles. The third-order valence-electron chi connectivity index (χ3n) is 5.93. The number of ether oxygens (including phenoxy) is 1. The summed E-state index contributed by atoms with van der Waals surface area (Å²) < 4.78 is 56.4. The maximum Gasteiger partial charge on any atom is 0.401 e. The lowest BCUT2D eigenvalue weighted by molar-refractivity contribution is -0.151. The van der Waals surface area contributed by atoms with Gasteiger partial charge in [0.05, 0.1) is 13.1 Å². The molecule has 1 N–H and O–H groups in total. The molecule has 2 aliphatic rings. The molecule has 2 aromatic rings. The predicted molar refractivity (Wildman–Crippen MR) is 116 cm³/mol. The standard InChI is InChI=1S/C24H23F4N3O4/c25-14-30(13-24(26,27)28)10-15-4-6-16(7-5-15)12-35-20-3-1-2-17-18(20)11-31(23(17)34)19-8-9-21(32)29-22(19)33/h1-7,19H,8-14H2,(H,29,32,33). The zero-order valence-corrected chi connectivity index (χ0v) is 18.6. The molecule has 1 fully saturated rings. The molecule has 1 unspecified atom stereocenters. The van der Waals surface area contributed by atoms with Gasteiger partial charge in [-0.2, -0.15) is 13.2 Å². The lowest BCUT2D eigenvalue weighted by Gasteiger charge is -2.29. The Morgan fingerprint density at radius 1 is 1.06 bits per heavy atom. The minimum absolute atomic E-state index is 0.138. The first-order valence-corrected chi connectivity index (χ1v) is 11.0. The summed E-state index contributed by atoms with van der Waals surface area (Å²) in [5, 5.41) is 2.26.